The van der Waals surface area contributed by atoms with Crippen molar-refractivity contribution in [3.05, 3.63) is 200 Å². The molecule has 0 unspecified atom stereocenters. The third-order valence-electron chi connectivity index (χ3n) is 18.4. The Kier molecular flexibility index (Phi) is 20.6. The van der Waals surface area contributed by atoms with E-state index in [1.165, 1.54) is 5.39 Å². The van der Waals surface area contributed by atoms with Crippen LogP contribution in [-0.2, 0) is 0 Å². The lowest BCUT2D eigenvalue weighted by atomic mass is 9.92. The number of fused-ring (bicyclic) bond motifs is 5. The zero-order chi connectivity index (χ0) is 74.2. The molecule has 0 amide bonds. The number of phenols is 9. The molecule has 0 aliphatic carbocycles. The van der Waals surface area contributed by atoms with Crippen molar-refractivity contribution in [2.24, 2.45) is 0 Å². The first-order valence-corrected chi connectivity index (χ1v) is 35.5. The summed E-state index contributed by atoms with van der Waals surface area (Å²) in [4.78, 5) is 40.6. The Morgan fingerprint density at radius 2 is 0.645 bits per heavy atom. The Labute approximate surface area is 614 Å². The van der Waals surface area contributed by atoms with Crippen molar-refractivity contribution >= 4 is 75.4 Å². The maximum Gasteiger partial charge on any atom is 0.320 e. The number of rotatable bonds is 21. The summed E-state index contributed by atoms with van der Waals surface area (Å²) in [6.07, 6.45) is 9.03. The molecule has 0 fully saturated rings. The topological polar surface area (TPSA) is 326 Å². The minimum absolute atomic E-state index is 0.00000513. The zero-order valence-corrected chi connectivity index (χ0v) is 58.8. The van der Waals surface area contributed by atoms with Crippen LogP contribution in [0.4, 0.5) is 0 Å². The first-order chi connectivity index (χ1) is 52.1. The van der Waals surface area contributed by atoms with Crippen LogP contribution in [0.2, 0.25) is 0 Å². The van der Waals surface area contributed by atoms with Gasteiger partial charge in [-0.25, -0.2) is 15.0 Å². The Balaban J connectivity index is 0.000000135. The van der Waals surface area contributed by atoms with Crippen LogP contribution >= 0.6 is 0 Å². The Morgan fingerprint density at radius 1 is 0.252 bits per heavy atom. The highest BCUT2D eigenvalue weighted by atomic mass is 16.5. The first-order valence-electron chi connectivity index (χ1n) is 35.5. The molecule has 107 heavy (non-hydrogen) atoms. The predicted octanol–water partition coefficient (Wildman–Crippen LogP) is 19.2. The van der Waals surface area contributed by atoms with Crippen LogP contribution in [0, 0.1) is 0 Å². The highest BCUT2D eigenvalue weighted by Crippen LogP contribution is 2.45. The second kappa shape index (κ2) is 31.3. The molecule has 16 rings (SSSR count). The van der Waals surface area contributed by atoms with E-state index in [0.29, 0.717) is 37.3 Å². The van der Waals surface area contributed by atoms with E-state index in [9.17, 15) is 46.0 Å². The van der Waals surface area contributed by atoms with Gasteiger partial charge in [0.1, 0.15) is 68.4 Å². The summed E-state index contributed by atoms with van der Waals surface area (Å²) in [7, 11) is 0. The minimum atomic E-state index is -0.351. The molecule has 3 heterocycles. The maximum atomic E-state index is 10.5. The smallest absolute Gasteiger partial charge is 0.320 e. The molecule has 0 aliphatic heterocycles. The summed E-state index contributed by atoms with van der Waals surface area (Å²) in [5.74, 6) is -1.67. The highest BCUT2D eigenvalue weighted by Gasteiger charge is 2.25. The predicted molar refractivity (Wildman–Crippen MR) is 416 cm³/mol. The molecule has 21 heteroatoms. The molecular formula is C86H75N9O12. The van der Waals surface area contributed by atoms with E-state index in [2.05, 4.69) is 138 Å². The van der Waals surface area contributed by atoms with Crippen LogP contribution in [-0.4, -0.2) is 111 Å². The monoisotopic (exact) mass is 1430 g/mol. The van der Waals surface area contributed by atoms with Crippen molar-refractivity contribution in [2.75, 3.05) is 19.8 Å². The van der Waals surface area contributed by atoms with Gasteiger partial charge in [-0.1, -0.05) is 193 Å². The van der Waals surface area contributed by atoms with Crippen molar-refractivity contribution in [1.29, 1.82) is 0 Å². The standard InChI is InChI=1S/C31H27N3O4.C29H27N3O4.C26H21N3O4/c1-2-3-4-5-15-38-31-33-29(32-30(34-31)28-24(36)16-21(35)17-25(28)37)23-14-12-20-10-9-18-7-6-8-19-11-13-22(23)27(20)26(18)19;1-2-3-4-9-14-36-29-31-27(30-28(32-29)26-24(34)16-19(33)17-25(26)35)23-15-18-10-5-6-11-20(18)21-12-7-8-13-22(21)23;1-2-9-33-26-28-24(27-25(29-26)23-21(31)13-20(30)14-22(23)32)18-8-7-17-10-15-5-3-4-6-16(15)11-19(17)12-18/h6-14,16-17,35-37H,2-5,15H2,1H3;5-8,10-13,15-17,33-35H,2-4,9,14H2,1H3;3-8,10-14,30-32H,2,9H2,1H3. The molecule has 13 aromatic carbocycles. The fourth-order valence-corrected chi connectivity index (χ4v) is 13.3. The molecule has 0 radical (unpaired) electrons. The van der Waals surface area contributed by atoms with E-state index in [-0.39, 0.29) is 104 Å². The summed E-state index contributed by atoms with van der Waals surface area (Å²) in [5.41, 5.74) is 2.29. The van der Waals surface area contributed by atoms with Crippen molar-refractivity contribution in [2.45, 2.75) is 78.6 Å². The Bertz CT molecular complexity index is 5900. The number of ether oxygens (including phenoxy) is 3. The van der Waals surface area contributed by atoms with Crippen molar-refractivity contribution in [3.63, 3.8) is 0 Å². The average molecular weight is 1430 g/mol. The fraction of sp³-hybridized carbons (Fsp3) is 0.174. The summed E-state index contributed by atoms with van der Waals surface area (Å²) in [6.45, 7) is 7.55. The zero-order valence-electron chi connectivity index (χ0n) is 58.8. The molecule has 0 atom stereocenters. The van der Waals surface area contributed by atoms with Crippen LogP contribution < -0.4 is 14.2 Å². The van der Waals surface area contributed by atoms with Crippen LogP contribution in [0.5, 0.6) is 69.8 Å². The van der Waals surface area contributed by atoms with Gasteiger partial charge < -0.3 is 60.2 Å². The fourth-order valence-electron chi connectivity index (χ4n) is 13.3. The lowest BCUT2D eigenvalue weighted by Gasteiger charge is -2.15. The Hall–Kier alpha value is -13.4. The molecule has 21 nitrogen and oxygen atoms in total. The van der Waals surface area contributed by atoms with E-state index in [0.717, 1.165) is 181 Å². The summed E-state index contributed by atoms with van der Waals surface area (Å²) < 4.78 is 17.5. The van der Waals surface area contributed by atoms with Crippen LogP contribution in [0.3, 0.4) is 0 Å². The summed E-state index contributed by atoms with van der Waals surface area (Å²) in [6, 6.07) is 62.3. The molecule has 0 aliphatic rings. The normalized spacial score (nSPS) is 11.4. The van der Waals surface area contributed by atoms with Crippen molar-refractivity contribution in [1.82, 2.24) is 44.9 Å². The first kappa shape index (κ1) is 70.6. The van der Waals surface area contributed by atoms with E-state index >= 15 is 0 Å². The summed E-state index contributed by atoms with van der Waals surface area (Å²) in [5, 5.41) is 107. The van der Waals surface area contributed by atoms with Gasteiger partial charge in [0.25, 0.3) is 0 Å². The average Bonchev–Trinajstić information content (AvgIpc) is 0.714. The van der Waals surface area contributed by atoms with Gasteiger partial charge in [-0.05, 0) is 125 Å². The number of hydrogen-bond donors (Lipinski definition) is 9. The summed E-state index contributed by atoms with van der Waals surface area (Å²) >= 11 is 0. The van der Waals surface area contributed by atoms with Gasteiger partial charge in [0.2, 0.25) is 0 Å². The molecular weight excluding hydrogens is 1350 g/mol. The van der Waals surface area contributed by atoms with Gasteiger partial charge in [-0.15, -0.1) is 0 Å². The van der Waals surface area contributed by atoms with Gasteiger partial charge in [0.05, 0.1) is 19.8 Å². The van der Waals surface area contributed by atoms with Crippen molar-refractivity contribution < 1.29 is 60.2 Å². The van der Waals surface area contributed by atoms with Gasteiger partial charge in [-0.3, -0.25) is 0 Å². The van der Waals surface area contributed by atoms with Gasteiger partial charge >= 0.3 is 18.0 Å². The lowest BCUT2D eigenvalue weighted by Crippen LogP contribution is -2.05. The van der Waals surface area contributed by atoms with Crippen LogP contribution in [0.1, 0.15) is 78.6 Å². The molecule has 9 N–H and O–H groups in total. The molecule has 0 saturated carbocycles. The quantitative estimate of drug-likeness (QED) is 0.0183. The number of phenolic OH excluding ortho intramolecular Hbond substituents is 9. The number of benzene rings is 13. The molecule has 0 saturated heterocycles. The number of hydrogen-bond acceptors (Lipinski definition) is 21. The number of unbranched alkanes of at least 4 members (excludes halogenated alkanes) is 6. The lowest BCUT2D eigenvalue weighted by molar-refractivity contribution is 0.281. The minimum Gasteiger partial charge on any atom is -0.508 e. The highest BCUT2D eigenvalue weighted by molar-refractivity contribution is 6.25. The molecule has 16 aromatic rings. The second-order valence-electron chi connectivity index (χ2n) is 26.0. The number of nitrogens with zero attached hydrogens (tertiary/aromatic N) is 9. The molecule has 536 valence electrons. The Morgan fingerprint density at radius 3 is 1.17 bits per heavy atom. The molecule has 0 spiro atoms. The van der Waals surface area contributed by atoms with Gasteiger partial charge in [0, 0.05) is 53.1 Å². The van der Waals surface area contributed by atoms with Crippen LogP contribution in [0.15, 0.2) is 200 Å². The third-order valence-corrected chi connectivity index (χ3v) is 18.4. The third kappa shape index (κ3) is 15.2. The van der Waals surface area contributed by atoms with Crippen LogP contribution in [0.25, 0.3) is 144 Å². The van der Waals surface area contributed by atoms with Gasteiger partial charge in [0.15, 0.2) is 34.9 Å². The maximum absolute atomic E-state index is 10.5. The SMILES string of the molecule is CCCCCCOc1nc(-c2c(O)cc(O)cc2O)nc(-c2cc3ccccc3c3ccccc23)n1.CCCCCCOc1nc(-c2c(O)cc(O)cc2O)nc(-c2ccc3ccc4cccc5ccc2c3c45)n1.CCCOc1nc(-c2ccc3cc4ccccc4cc3c2)nc(-c2c(O)cc(O)cc2O)n1. The molecule has 3 aromatic heterocycles. The second-order valence-corrected chi connectivity index (χ2v) is 26.0. The van der Waals surface area contributed by atoms with E-state index in [1.807, 2.05) is 91.9 Å². The molecule has 0 bridgehead atoms. The van der Waals surface area contributed by atoms with E-state index in [1.54, 1.807) is 0 Å². The van der Waals surface area contributed by atoms with Gasteiger partial charge in [-0.2, -0.15) is 29.9 Å². The van der Waals surface area contributed by atoms with E-state index < -0.39 is 0 Å². The van der Waals surface area contributed by atoms with Crippen molar-refractivity contribution in [3.8, 4) is 138 Å². The largest absolute Gasteiger partial charge is 0.508 e. The number of aromatic nitrogens is 9. The number of aromatic hydroxyl groups is 9. The van der Waals surface area contributed by atoms with E-state index in [4.69, 9.17) is 14.2 Å².